The van der Waals surface area contributed by atoms with Crippen LogP contribution in [-0.2, 0) is 6.54 Å². The summed E-state index contributed by atoms with van der Waals surface area (Å²) in [5.41, 5.74) is 2.87. The Labute approximate surface area is 128 Å². The molecule has 1 N–H and O–H groups in total. The molecule has 1 aliphatic rings. The lowest BCUT2D eigenvalue weighted by atomic mass is 9.99. The first-order chi connectivity index (χ1) is 9.69. The normalized spacial score (nSPS) is 16.6. The molecule has 1 aromatic carbocycles. The van der Waals surface area contributed by atoms with Crippen LogP contribution in [0.1, 0.15) is 36.8 Å². The molecule has 0 spiro atoms. The average Bonchev–Trinajstić information content (AvgIpc) is 3.27. The fourth-order valence-corrected chi connectivity index (χ4v) is 2.83. The summed E-state index contributed by atoms with van der Waals surface area (Å²) in [4.78, 5) is 2.39. The molecule has 1 fully saturated rings. The van der Waals surface area contributed by atoms with Crippen molar-refractivity contribution in [1.29, 1.82) is 0 Å². The van der Waals surface area contributed by atoms with Crippen molar-refractivity contribution in [3.05, 3.63) is 35.4 Å². The highest BCUT2D eigenvalue weighted by atomic mass is 32.2. The molecule has 0 aromatic heterocycles. The Balaban J connectivity index is 1.78. The minimum atomic E-state index is 0.610. The van der Waals surface area contributed by atoms with Crippen LogP contribution in [0.3, 0.4) is 0 Å². The zero-order valence-corrected chi connectivity index (χ0v) is 13.9. The number of rotatable bonds is 9. The van der Waals surface area contributed by atoms with Gasteiger partial charge >= 0.3 is 0 Å². The Hall–Kier alpha value is -0.510. The highest BCUT2D eigenvalue weighted by molar-refractivity contribution is 7.98. The zero-order chi connectivity index (χ0) is 14.4. The Morgan fingerprint density at radius 2 is 2.00 bits per heavy atom. The molecule has 1 unspecified atom stereocenters. The van der Waals surface area contributed by atoms with Gasteiger partial charge in [0.2, 0.25) is 0 Å². The van der Waals surface area contributed by atoms with Crippen molar-refractivity contribution < 1.29 is 0 Å². The summed E-state index contributed by atoms with van der Waals surface area (Å²) in [6.07, 6.45) is 4.90. The van der Waals surface area contributed by atoms with Gasteiger partial charge in [0, 0.05) is 31.4 Å². The Morgan fingerprint density at radius 3 is 2.60 bits per heavy atom. The molecule has 0 aliphatic heterocycles. The third-order valence-electron chi connectivity index (χ3n) is 3.97. The summed E-state index contributed by atoms with van der Waals surface area (Å²) < 4.78 is 0. The van der Waals surface area contributed by atoms with Crippen LogP contribution in [0, 0.1) is 0 Å². The van der Waals surface area contributed by atoms with Gasteiger partial charge in [0.1, 0.15) is 0 Å². The van der Waals surface area contributed by atoms with Gasteiger partial charge in [0.05, 0.1) is 0 Å². The average molecular weight is 292 g/mol. The SMILES string of the molecule is CSCCN(C)Cc1ccc(C(C)CNC2CC2)cc1. The van der Waals surface area contributed by atoms with E-state index in [-0.39, 0.29) is 0 Å². The van der Waals surface area contributed by atoms with Gasteiger partial charge < -0.3 is 10.2 Å². The second-order valence-electron chi connectivity index (χ2n) is 6.06. The molecular weight excluding hydrogens is 264 g/mol. The lowest BCUT2D eigenvalue weighted by Crippen LogP contribution is -2.22. The van der Waals surface area contributed by atoms with E-state index in [1.54, 1.807) is 0 Å². The van der Waals surface area contributed by atoms with Crippen molar-refractivity contribution in [3.63, 3.8) is 0 Å². The van der Waals surface area contributed by atoms with Crippen molar-refractivity contribution in [2.75, 3.05) is 32.1 Å². The van der Waals surface area contributed by atoms with E-state index < -0.39 is 0 Å². The standard InChI is InChI=1S/C17H28N2S/c1-14(12-18-17-8-9-17)16-6-4-15(5-7-16)13-19(2)10-11-20-3/h4-7,14,17-18H,8-13H2,1-3H3. The van der Waals surface area contributed by atoms with Gasteiger partial charge in [-0.05, 0) is 43.2 Å². The van der Waals surface area contributed by atoms with Crippen LogP contribution in [0.4, 0.5) is 0 Å². The molecule has 0 bridgehead atoms. The first-order valence-electron chi connectivity index (χ1n) is 7.68. The first kappa shape index (κ1) is 15.9. The molecule has 0 heterocycles. The highest BCUT2D eigenvalue weighted by Crippen LogP contribution is 2.21. The number of hydrogen-bond donors (Lipinski definition) is 1. The van der Waals surface area contributed by atoms with Gasteiger partial charge in [-0.25, -0.2) is 0 Å². The third-order valence-corrected chi connectivity index (χ3v) is 4.56. The molecule has 112 valence electrons. The summed E-state index contributed by atoms with van der Waals surface area (Å²) >= 11 is 1.91. The summed E-state index contributed by atoms with van der Waals surface area (Å²) in [5.74, 6) is 1.82. The lowest BCUT2D eigenvalue weighted by Gasteiger charge is -2.17. The van der Waals surface area contributed by atoms with Crippen molar-refractivity contribution in [3.8, 4) is 0 Å². The van der Waals surface area contributed by atoms with Gasteiger partial charge in [-0.2, -0.15) is 11.8 Å². The molecule has 1 saturated carbocycles. The molecule has 0 saturated heterocycles. The Kier molecular flexibility index (Phi) is 6.40. The summed E-state index contributed by atoms with van der Waals surface area (Å²) in [5, 5.41) is 3.61. The molecular formula is C17H28N2S. The molecule has 1 atom stereocenters. The molecule has 1 aliphatic carbocycles. The minimum Gasteiger partial charge on any atom is -0.313 e. The van der Waals surface area contributed by atoms with Crippen molar-refractivity contribution in [2.24, 2.45) is 0 Å². The van der Waals surface area contributed by atoms with E-state index in [0.29, 0.717) is 5.92 Å². The van der Waals surface area contributed by atoms with Crippen LogP contribution in [0.15, 0.2) is 24.3 Å². The molecule has 2 rings (SSSR count). The number of benzene rings is 1. The van der Waals surface area contributed by atoms with Gasteiger partial charge in [-0.3, -0.25) is 0 Å². The number of thioether (sulfide) groups is 1. The monoisotopic (exact) mass is 292 g/mol. The molecule has 0 amide bonds. The maximum absolute atomic E-state index is 3.61. The third kappa shape index (κ3) is 5.47. The van der Waals surface area contributed by atoms with Crippen LogP contribution in [0.5, 0.6) is 0 Å². The predicted octanol–water partition coefficient (Wildman–Crippen LogP) is 3.34. The summed E-state index contributed by atoms with van der Waals surface area (Å²) in [6.45, 7) is 5.63. The molecule has 3 heteroatoms. The predicted molar refractivity (Wildman–Crippen MR) is 90.6 cm³/mol. The number of nitrogens with one attached hydrogen (secondary N) is 1. The molecule has 2 nitrogen and oxygen atoms in total. The van der Waals surface area contributed by atoms with Crippen LogP contribution in [0.2, 0.25) is 0 Å². The van der Waals surface area contributed by atoms with Gasteiger partial charge in [0.25, 0.3) is 0 Å². The number of hydrogen-bond acceptors (Lipinski definition) is 3. The maximum atomic E-state index is 3.61. The smallest absolute Gasteiger partial charge is 0.0231 e. The van der Waals surface area contributed by atoms with Gasteiger partial charge in [0.15, 0.2) is 0 Å². The van der Waals surface area contributed by atoms with E-state index in [1.165, 1.54) is 29.7 Å². The van der Waals surface area contributed by atoms with E-state index in [4.69, 9.17) is 0 Å². The lowest BCUT2D eigenvalue weighted by molar-refractivity contribution is 0.349. The van der Waals surface area contributed by atoms with Gasteiger partial charge in [-0.15, -0.1) is 0 Å². The van der Waals surface area contributed by atoms with E-state index in [2.05, 4.69) is 54.7 Å². The van der Waals surface area contributed by atoms with Crippen LogP contribution in [-0.4, -0.2) is 43.1 Å². The summed E-state index contributed by atoms with van der Waals surface area (Å²) in [7, 11) is 2.20. The van der Waals surface area contributed by atoms with Crippen LogP contribution >= 0.6 is 11.8 Å². The minimum absolute atomic E-state index is 0.610. The first-order valence-corrected chi connectivity index (χ1v) is 9.08. The second kappa shape index (κ2) is 8.06. The van der Waals surface area contributed by atoms with E-state index in [1.807, 2.05) is 11.8 Å². The topological polar surface area (TPSA) is 15.3 Å². The van der Waals surface area contributed by atoms with E-state index >= 15 is 0 Å². The molecule has 0 radical (unpaired) electrons. The van der Waals surface area contributed by atoms with Gasteiger partial charge in [-0.1, -0.05) is 31.2 Å². The summed E-state index contributed by atoms with van der Waals surface area (Å²) in [6, 6.07) is 9.99. The Bertz CT molecular complexity index is 386. The van der Waals surface area contributed by atoms with Crippen molar-refractivity contribution >= 4 is 11.8 Å². The molecule has 20 heavy (non-hydrogen) atoms. The number of nitrogens with zero attached hydrogens (tertiary/aromatic N) is 1. The Morgan fingerprint density at radius 1 is 1.30 bits per heavy atom. The fourth-order valence-electron chi connectivity index (χ4n) is 2.34. The van der Waals surface area contributed by atoms with E-state index in [9.17, 15) is 0 Å². The quantitative estimate of drug-likeness (QED) is 0.751. The maximum Gasteiger partial charge on any atom is 0.0231 e. The van der Waals surface area contributed by atoms with Crippen LogP contribution < -0.4 is 5.32 Å². The fraction of sp³-hybridized carbons (Fsp3) is 0.647. The van der Waals surface area contributed by atoms with E-state index in [0.717, 1.165) is 25.7 Å². The van der Waals surface area contributed by atoms with Crippen LogP contribution in [0.25, 0.3) is 0 Å². The van der Waals surface area contributed by atoms with Crippen molar-refractivity contribution in [2.45, 2.75) is 38.3 Å². The zero-order valence-electron chi connectivity index (χ0n) is 13.1. The van der Waals surface area contributed by atoms with Crippen molar-refractivity contribution in [1.82, 2.24) is 10.2 Å². The molecule has 1 aromatic rings. The largest absolute Gasteiger partial charge is 0.313 e. The second-order valence-corrected chi connectivity index (χ2v) is 7.04. The highest BCUT2D eigenvalue weighted by Gasteiger charge is 2.21.